The van der Waals surface area contributed by atoms with Crippen molar-refractivity contribution in [1.29, 1.82) is 0 Å². The van der Waals surface area contributed by atoms with Gasteiger partial charge < -0.3 is 40.6 Å². The van der Waals surface area contributed by atoms with Crippen molar-refractivity contribution in [3.63, 3.8) is 0 Å². The van der Waals surface area contributed by atoms with Crippen LogP contribution in [0.5, 0.6) is 5.75 Å². The lowest BCUT2D eigenvalue weighted by atomic mass is 9.58. The number of phenols is 1. The monoisotopic (exact) mass is 499 g/mol. The number of carbonyl (C=O) groups excluding carboxylic acids is 3. The topological polar surface area (TPSA) is 192 Å². The molecule has 5 rings (SSSR count). The van der Waals surface area contributed by atoms with Gasteiger partial charge in [0.1, 0.15) is 29.9 Å². The van der Waals surface area contributed by atoms with Gasteiger partial charge >= 0.3 is 0 Å². The van der Waals surface area contributed by atoms with E-state index in [1.54, 1.807) is 6.07 Å². The number of allylic oxidation sites excluding steroid dienone is 1. The molecule has 12 heteroatoms. The van der Waals surface area contributed by atoms with Crippen molar-refractivity contribution >= 4 is 34.6 Å². The predicted molar refractivity (Wildman–Crippen MR) is 124 cm³/mol. The van der Waals surface area contributed by atoms with Gasteiger partial charge in [-0.05, 0) is 36.5 Å². The van der Waals surface area contributed by atoms with Gasteiger partial charge in [-0.15, -0.1) is 0 Å². The zero-order valence-electron chi connectivity index (χ0n) is 19.4. The molecule has 0 bridgehead atoms. The van der Waals surface area contributed by atoms with Crippen molar-refractivity contribution in [1.82, 2.24) is 0 Å². The third-order valence-electron chi connectivity index (χ3n) is 7.40. The SMILES string of the molecule is CO/N=C1\C(O)=C(C(N)=O)C(=O)[C@@]2(O)C(=O)C3=C(O)c4c(O)ccc(N5CCOCC5)c4C[C@H]3C[C@@H]12. The van der Waals surface area contributed by atoms with Gasteiger partial charge in [-0.25, -0.2) is 0 Å². The fraction of sp³-hybridized carbons (Fsp3) is 0.417. The summed E-state index contributed by atoms with van der Waals surface area (Å²) in [4.78, 5) is 45.7. The van der Waals surface area contributed by atoms with Crippen molar-refractivity contribution in [2.45, 2.75) is 18.4 Å². The molecule has 36 heavy (non-hydrogen) atoms. The number of aliphatic hydroxyl groups is 3. The maximum absolute atomic E-state index is 13.7. The molecule has 1 saturated carbocycles. The van der Waals surface area contributed by atoms with Crippen LogP contribution < -0.4 is 10.6 Å². The Morgan fingerprint density at radius 3 is 2.50 bits per heavy atom. The number of oxime groups is 1. The van der Waals surface area contributed by atoms with Gasteiger partial charge in [0.2, 0.25) is 11.6 Å². The second-order valence-electron chi connectivity index (χ2n) is 9.18. The van der Waals surface area contributed by atoms with E-state index in [9.17, 15) is 34.8 Å². The summed E-state index contributed by atoms with van der Waals surface area (Å²) >= 11 is 0. The molecule has 1 saturated heterocycles. The molecule has 1 aliphatic heterocycles. The molecule has 12 nitrogen and oxygen atoms in total. The number of aliphatic hydroxyl groups excluding tert-OH is 2. The minimum Gasteiger partial charge on any atom is -0.507 e. The first-order chi connectivity index (χ1) is 17.1. The summed E-state index contributed by atoms with van der Waals surface area (Å²) in [6.45, 7) is 2.20. The highest BCUT2D eigenvalue weighted by molar-refractivity contribution is 6.38. The highest BCUT2D eigenvalue weighted by Gasteiger charge is 2.64. The molecule has 3 aliphatic carbocycles. The van der Waals surface area contributed by atoms with E-state index in [1.165, 1.54) is 6.07 Å². The lowest BCUT2D eigenvalue weighted by molar-refractivity contribution is -0.153. The first kappa shape index (κ1) is 23.8. The second kappa shape index (κ2) is 8.35. The van der Waals surface area contributed by atoms with Crippen LogP contribution in [-0.2, 0) is 30.4 Å². The molecule has 6 N–H and O–H groups in total. The molecule has 1 aromatic rings. The van der Waals surface area contributed by atoms with Crippen molar-refractivity contribution < 1.29 is 44.4 Å². The van der Waals surface area contributed by atoms with Gasteiger partial charge in [0.15, 0.2) is 11.4 Å². The Labute approximate surface area is 204 Å². The van der Waals surface area contributed by atoms with E-state index in [4.69, 9.17) is 15.3 Å². The summed E-state index contributed by atoms with van der Waals surface area (Å²) in [5.41, 5.74) is 2.22. The van der Waals surface area contributed by atoms with Crippen molar-refractivity contribution in [3.8, 4) is 5.75 Å². The van der Waals surface area contributed by atoms with E-state index in [2.05, 4.69) is 10.1 Å². The summed E-state index contributed by atoms with van der Waals surface area (Å²) in [5, 5.41) is 47.6. The number of ketones is 2. The summed E-state index contributed by atoms with van der Waals surface area (Å²) in [5.74, 6) is -7.64. The maximum atomic E-state index is 13.7. The van der Waals surface area contributed by atoms with Gasteiger partial charge in [-0.2, -0.15) is 0 Å². The zero-order valence-corrected chi connectivity index (χ0v) is 19.4. The van der Waals surface area contributed by atoms with Crippen LogP contribution in [0.15, 0.2) is 34.2 Å². The van der Waals surface area contributed by atoms with Crippen LogP contribution in [0, 0.1) is 11.8 Å². The molecule has 1 amide bonds. The first-order valence-corrected chi connectivity index (χ1v) is 11.4. The molecule has 190 valence electrons. The molecule has 3 atom stereocenters. The first-order valence-electron chi connectivity index (χ1n) is 11.4. The van der Waals surface area contributed by atoms with Gasteiger partial charge in [0.05, 0.1) is 24.7 Å². The molecule has 1 heterocycles. The van der Waals surface area contributed by atoms with E-state index in [1.807, 2.05) is 0 Å². The Bertz CT molecular complexity index is 1290. The molecular weight excluding hydrogens is 474 g/mol. The Hall–Kier alpha value is -3.90. The normalized spacial score (nSPS) is 29.2. The number of nitrogens with two attached hydrogens (primary N) is 1. The Morgan fingerprint density at radius 1 is 1.17 bits per heavy atom. The maximum Gasteiger partial charge on any atom is 0.256 e. The number of amides is 1. The number of hydrogen-bond acceptors (Lipinski definition) is 11. The van der Waals surface area contributed by atoms with Crippen LogP contribution in [0.3, 0.4) is 0 Å². The standard InChI is InChI=1S/C24H25N3O9/c1-35-26-18-12-9-10-8-11-13(27-4-6-36-7-5-27)2-3-14(28)16(11)19(29)15(10)21(31)24(12,34)22(32)17(20(18)30)23(25)33/h2-3,10,12,28-30,34H,4-9H2,1H3,(H2,25,33)/b26-18-/t10-,12-,24-/m0/s1. The van der Waals surface area contributed by atoms with Crippen molar-refractivity contribution in [2.75, 3.05) is 38.3 Å². The smallest absolute Gasteiger partial charge is 0.256 e. The Balaban J connectivity index is 1.69. The van der Waals surface area contributed by atoms with Crippen LogP contribution in [0.1, 0.15) is 17.5 Å². The number of benzene rings is 1. The molecule has 0 radical (unpaired) electrons. The van der Waals surface area contributed by atoms with E-state index in [0.717, 1.165) is 12.8 Å². The van der Waals surface area contributed by atoms with E-state index in [0.29, 0.717) is 31.9 Å². The number of carbonyl (C=O) groups is 3. The molecule has 0 unspecified atom stereocenters. The van der Waals surface area contributed by atoms with E-state index < -0.39 is 52.0 Å². The largest absolute Gasteiger partial charge is 0.507 e. The fourth-order valence-corrected chi connectivity index (χ4v) is 5.78. The number of nitrogens with zero attached hydrogens (tertiary/aromatic N) is 2. The van der Waals surface area contributed by atoms with Crippen molar-refractivity contribution in [3.05, 3.63) is 40.2 Å². The van der Waals surface area contributed by atoms with Crippen LogP contribution in [0.25, 0.3) is 5.76 Å². The minimum atomic E-state index is -2.86. The highest BCUT2D eigenvalue weighted by Crippen LogP contribution is 2.52. The van der Waals surface area contributed by atoms with E-state index >= 15 is 0 Å². The number of morpholine rings is 1. The third-order valence-corrected chi connectivity index (χ3v) is 7.40. The lowest BCUT2D eigenvalue weighted by Gasteiger charge is -2.46. The number of aromatic hydroxyl groups is 1. The summed E-state index contributed by atoms with van der Waals surface area (Å²) in [6.07, 6.45) is 0.0963. The van der Waals surface area contributed by atoms with Crippen LogP contribution in [0.4, 0.5) is 5.69 Å². The third kappa shape index (κ3) is 3.14. The lowest BCUT2D eigenvalue weighted by Crippen LogP contribution is -2.64. The van der Waals surface area contributed by atoms with Crippen molar-refractivity contribution in [2.24, 2.45) is 22.7 Å². The summed E-state index contributed by atoms with van der Waals surface area (Å²) in [6, 6.07) is 3.14. The molecule has 2 fully saturated rings. The molecule has 1 aromatic carbocycles. The molecule has 4 aliphatic rings. The van der Waals surface area contributed by atoms with Gasteiger partial charge in [-0.1, -0.05) is 5.16 Å². The fourth-order valence-electron chi connectivity index (χ4n) is 5.78. The van der Waals surface area contributed by atoms with Crippen LogP contribution >= 0.6 is 0 Å². The van der Waals surface area contributed by atoms with Gasteiger partial charge in [0, 0.05) is 24.4 Å². The van der Waals surface area contributed by atoms with Gasteiger partial charge in [0.25, 0.3) is 5.91 Å². The molecule has 0 spiro atoms. The van der Waals surface area contributed by atoms with E-state index in [-0.39, 0.29) is 35.4 Å². The number of ether oxygens (including phenoxy) is 1. The number of fused-ring (bicyclic) bond motifs is 3. The Morgan fingerprint density at radius 2 is 1.86 bits per heavy atom. The van der Waals surface area contributed by atoms with Crippen LogP contribution in [-0.4, -0.2) is 82.6 Å². The van der Waals surface area contributed by atoms with Crippen LogP contribution in [0.2, 0.25) is 0 Å². The number of primary amides is 1. The number of Topliss-reactive ketones (excluding diaryl/α,β-unsaturated/α-hetero) is 2. The summed E-state index contributed by atoms with van der Waals surface area (Å²) < 4.78 is 5.42. The number of phenolic OH excluding ortho intramolecular Hbond substituents is 1. The zero-order chi connectivity index (χ0) is 25.9. The number of rotatable bonds is 3. The Kier molecular flexibility index (Phi) is 5.52. The van der Waals surface area contributed by atoms with Gasteiger partial charge in [-0.3, -0.25) is 14.4 Å². The quantitative estimate of drug-likeness (QED) is 0.213. The highest BCUT2D eigenvalue weighted by atomic mass is 16.6. The average Bonchev–Trinajstić information content (AvgIpc) is 2.84. The minimum absolute atomic E-state index is 0.0446. The predicted octanol–water partition coefficient (Wildman–Crippen LogP) is -0.127. The summed E-state index contributed by atoms with van der Waals surface area (Å²) in [7, 11) is 1.16. The molecular formula is C24H25N3O9. The second-order valence-corrected chi connectivity index (χ2v) is 9.18. The number of hydrogen-bond donors (Lipinski definition) is 5. The average molecular weight is 499 g/mol. The molecule has 0 aromatic heterocycles. The number of anilines is 1.